The molecule has 0 N–H and O–H groups in total. The van der Waals surface area contributed by atoms with Gasteiger partial charge in [0.25, 0.3) is 0 Å². The van der Waals surface area contributed by atoms with Crippen LogP contribution >= 0.6 is 11.6 Å². The van der Waals surface area contributed by atoms with Gasteiger partial charge in [-0.15, -0.1) is 0 Å². The molecular formula is C15H23ClO2Si. The van der Waals surface area contributed by atoms with Gasteiger partial charge >= 0.3 is 0 Å². The Balaban J connectivity index is 2.71. The summed E-state index contributed by atoms with van der Waals surface area (Å²) in [6.45, 7) is 11.7. The van der Waals surface area contributed by atoms with Crippen LogP contribution in [0.4, 0.5) is 0 Å². The molecule has 0 aromatic heterocycles. The van der Waals surface area contributed by atoms with Crippen molar-refractivity contribution in [3.63, 3.8) is 0 Å². The predicted octanol–water partition coefficient (Wildman–Crippen LogP) is 4.72. The Morgan fingerprint density at radius 1 is 1.32 bits per heavy atom. The van der Waals surface area contributed by atoms with E-state index < -0.39 is 8.32 Å². The molecule has 0 unspecified atom stereocenters. The molecule has 1 aromatic carbocycles. The Kier molecular flexibility index (Phi) is 5.36. The third-order valence-corrected chi connectivity index (χ3v) is 8.80. The molecule has 0 aliphatic carbocycles. The highest BCUT2D eigenvalue weighted by Gasteiger charge is 2.36. The topological polar surface area (TPSA) is 26.3 Å². The summed E-state index contributed by atoms with van der Waals surface area (Å²) in [6, 6.07) is 5.40. The molecule has 0 saturated carbocycles. The van der Waals surface area contributed by atoms with Gasteiger partial charge in [-0.2, -0.15) is 0 Å². The summed E-state index contributed by atoms with van der Waals surface area (Å²) in [4.78, 5) is 11.0. The van der Waals surface area contributed by atoms with E-state index in [1.54, 1.807) is 12.1 Å². The molecule has 2 nitrogen and oxygen atoms in total. The number of rotatable bonds is 5. The maximum absolute atomic E-state index is 11.0. The fourth-order valence-corrected chi connectivity index (χ4v) is 2.90. The van der Waals surface area contributed by atoms with Gasteiger partial charge in [-0.25, -0.2) is 0 Å². The van der Waals surface area contributed by atoms with Crippen molar-refractivity contribution >= 4 is 26.2 Å². The van der Waals surface area contributed by atoms with Gasteiger partial charge < -0.3 is 4.43 Å². The quantitative estimate of drug-likeness (QED) is 0.581. The molecule has 0 radical (unpaired) electrons. The fraction of sp³-hybridized carbons (Fsp3) is 0.533. The highest BCUT2D eigenvalue weighted by molar-refractivity contribution is 6.74. The first kappa shape index (κ1) is 16.4. The van der Waals surface area contributed by atoms with Gasteiger partial charge in [0, 0.05) is 17.2 Å². The molecule has 4 heteroatoms. The maximum atomic E-state index is 11.0. The normalized spacial score (nSPS) is 12.5. The predicted molar refractivity (Wildman–Crippen MR) is 83.7 cm³/mol. The van der Waals surface area contributed by atoms with E-state index in [1.165, 1.54) is 0 Å². The van der Waals surface area contributed by atoms with Gasteiger partial charge in [0.2, 0.25) is 0 Å². The first-order valence-electron chi connectivity index (χ1n) is 6.55. The number of carbonyl (C=O) groups is 1. The summed E-state index contributed by atoms with van der Waals surface area (Å²) in [5.41, 5.74) is 1.55. The first-order chi connectivity index (χ1) is 8.69. The Morgan fingerprint density at radius 2 is 1.95 bits per heavy atom. The lowest BCUT2D eigenvalue weighted by molar-refractivity contribution is 0.112. The van der Waals surface area contributed by atoms with E-state index in [4.69, 9.17) is 16.0 Å². The Hall–Kier alpha value is -0.643. The molecular weight excluding hydrogens is 276 g/mol. The Labute approximate surface area is 122 Å². The largest absolute Gasteiger partial charge is 0.416 e. The molecule has 1 aromatic rings. The zero-order chi connectivity index (χ0) is 14.7. The molecule has 0 bridgehead atoms. The van der Waals surface area contributed by atoms with Crippen molar-refractivity contribution in [3.8, 4) is 0 Å². The van der Waals surface area contributed by atoms with Crippen LogP contribution in [0.2, 0.25) is 23.2 Å². The Morgan fingerprint density at radius 3 is 2.47 bits per heavy atom. The van der Waals surface area contributed by atoms with Gasteiger partial charge in [0.15, 0.2) is 8.32 Å². The maximum Gasteiger partial charge on any atom is 0.191 e. The summed E-state index contributed by atoms with van der Waals surface area (Å²) < 4.78 is 6.12. The Bertz CT molecular complexity index is 450. The number of aldehydes is 1. The third-order valence-electron chi connectivity index (χ3n) is 3.90. The summed E-state index contributed by atoms with van der Waals surface area (Å²) >= 11 is 6.14. The lowest BCUT2D eigenvalue weighted by Gasteiger charge is -2.36. The molecule has 0 aliphatic rings. The average Bonchev–Trinajstić information content (AvgIpc) is 2.29. The third kappa shape index (κ3) is 4.16. The van der Waals surface area contributed by atoms with Crippen molar-refractivity contribution in [2.24, 2.45) is 0 Å². The van der Waals surface area contributed by atoms with Crippen LogP contribution in [-0.2, 0) is 10.8 Å². The second-order valence-corrected chi connectivity index (χ2v) is 11.5. The number of benzene rings is 1. The molecule has 0 spiro atoms. The van der Waals surface area contributed by atoms with Gasteiger partial charge in [-0.05, 0) is 36.2 Å². The van der Waals surface area contributed by atoms with Crippen LogP contribution in [0.25, 0.3) is 0 Å². The average molecular weight is 299 g/mol. The standard InChI is InChI=1S/C15H23ClO2Si/c1-15(2,3)19(4,5)18-10-9-13-12(11-17)7-6-8-14(13)16/h6-8,11H,9-10H2,1-5H3. The van der Waals surface area contributed by atoms with Crippen LogP contribution in [0.3, 0.4) is 0 Å². The van der Waals surface area contributed by atoms with E-state index in [-0.39, 0.29) is 5.04 Å². The lowest BCUT2D eigenvalue weighted by Crippen LogP contribution is -2.41. The monoisotopic (exact) mass is 298 g/mol. The molecule has 1 rings (SSSR count). The van der Waals surface area contributed by atoms with Crippen molar-refractivity contribution in [2.45, 2.75) is 45.3 Å². The fourth-order valence-electron chi connectivity index (χ4n) is 1.57. The van der Waals surface area contributed by atoms with Crippen LogP contribution in [0.1, 0.15) is 36.7 Å². The van der Waals surface area contributed by atoms with Crippen LogP contribution in [-0.4, -0.2) is 21.2 Å². The molecule has 0 fully saturated rings. The number of carbonyl (C=O) groups excluding carboxylic acids is 1. The minimum absolute atomic E-state index is 0.195. The van der Waals surface area contributed by atoms with Crippen molar-refractivity contribution in [1.82, 2.24) is 0 Å². The smallest absolute Gasteiger partial charge is 0.191 e. The molecule has 0 atom stereocenters. The van der Waals surface area contributed by atoms with Crippen molar-refractivity contribution < 1.29 is 9.22 Å². The second-order valence-electron chi connectivity index (χ2n) is 6.28. The molecule has 106 valence electrons. The van der Waals surface area contributed by atoms with Crippen LogP contribution in [0, 0.1) is 0 Å². The highest BCUT2D eigenvalue weighted by atomic mass is 35.5. The molecule has 0 saturated heterocycles. The zero-order valence-corrected chi connectivity index (χ0v) is 14.2. The van der Waals surface area contributed by atoms with Gasteiger partial charge in [-0.1, -0.05) is 44.5 Å². The van der Waals surface area contributed by atoms with E-state index >= 15 is 0 Å². The van der Waals surface area contributed by atoms with Crippen LogP contribution < -0.4 is 0 Å². The second kappa shape index (κ2) is 6.20. The molecule has 0 aliphatic heterocycles. The van der Waals surface area contributed by atoms with E-state index in [9.17, 15) is 4.79 Å². The SMILES string of the molecule is CC(C)(C)[Si](C)(C)OCCc1c(Cl)cccc1C=O. The van der Waals surface area contributed by atoms with Gasteiger partial charge in [0.05, 0.1) is 0 Å². The first-order valence-corrected chi connectivity index (χ1v) is 9.84. The number of halogens is 1. The van der Waals surface area contributed by atoms with Crippen LogP contribution in [0.5, 0.6) is 0 Å². The summed E-state index contributed by atoms with van der Waals surface area (Å²) in [6.07, 6.45) is 1.54. The van der Waals surface area contributed by atoms with Crippen molar-refractivity contribution in [2.75, 3.05) is 6.61 Å². The molecule has 19 heavy (non-hydrogen) atoms. The number of hydrogen-bond donors (Lipinski definition) is 0. The lowest BCUT2D eigenvalue weighted by atomic mass is 10.1. The summed E-state index contributed by atoms with van der Waals surface area (Å²) in [5, 5.41) is 0.837. The van der Waals surface area contributed by atoms with E-state index in [0.29, 0.717) is 23.6 Å². The molecule has 0 heterocycles. The summed E-state index contributed by atoms with van der Waals surface area (Å²) in [5.74, 6) is 0. The minimum Gasteiger partial charge on any atom is -0.416 e. The van der Waals surface area contributed by atoms with E-state index in [0.717, 1.165) is 11.8 Å². The molecule has 0 amide bonds. The summed E-state index contributed by atoms with van der Waals surface area (Å²) in [7, 11) is -1.74. The van der Waals surface area contributed by atoms with E-state index in [1.807, 2.05) is 6.07 Å². The van der Waals surface area contributed by atoms with Gasteiger partial charge in [-0.3, -0.25) is 4.79 Å². The van der Waals surface area contributed by atoms with Gasteiger partial charge in [0.1, 0.15) is 6.29 Å². The van der Waals surface area contributed by atoms with Crippen LogP contribution in [0.15, 0.2) is 18.2 Å². The minimum atomic E-state index is -1.74. The zero-order valence-electron chi connectivity index (χ0n) is 12.4. The van der Waals surface area contributed by atoms with E-state index in [2.05, 4.69) is 33.9 Å². The van der Waals surface area contributed by atoms with Crippen molar-refractivity contribution in [1.29, 1.82) is 0 Å². The van der Waals surface area contributed by atoms with Crippen molar-refractivity contribution in [3.05, 3.63) is 34.3 Å². The number of hydrogen-bond acceptors (Lipinski definition) is 2. The highest BCUT2D eigenvalue weighted by Crippen LogP contribution is 2.36.